The molecule has 0 aromatic heterocycles. The number of rotatable bonds is 6. The largest absolute Gasteiger partial charge is 0.496 e. The molecule has 5 nitrogen and oxygen atoms in total. The van der Waals surface area contributed by atoms with Crippen LogP contribution in [0.15, 0.2) is 18.2 Å². The number of benzene rings is 1. The number of methoxy groups -OCH3 is 1. The predicted molar refractivity (Wildman–Crippen MR) is 95.7 cm³/mol. The number of hydrogen-bond acceptors (Lipinski definition) is 4. The molecule has 1 aromatic carbocycles. The number of halogens is 2. The molecule has 0 radical (unpaired) electrons. The van der Waals surface area contributed by atoms with Crippen LogP contribution in [0.1, 0.15) is 12.0 Å². The van der Waals surface area contributed by atoms with E-state index in [1.165, 1.54) is 0 Å². The van der Waals surface area contributed by atoms with Crippen molar-refractivity contribution in [2.45, 2.75) is 13.0 Å². The molecule has 0 spiro atoms. The van der Waals surface area contributed by atoms with Gasteiger partial charge in [0.2, 0.25) is 5.91 Å². The summed E-state index contributed by atoms with van der Waals surface area (Å²) in [6, 6.07) is 5.60. The summed E-state index contributed by atoms with van der Waals surface area (Å²) in [6.07, 6.45) is 0.541. The van der Waals surface area contributed by atoms with Gasteiger partial charge < -0.3 is 19.9 Å². The summed E-state index contributed by atoms with van der Waals surface area (Å²) in [6.45, 7) is 4.83. The molecule has 1 saturated heterocycles. The minimum absolute atomic E-state index is 0. The van der Waals surface area contributed by atoms with Gasteiger partial charge in [-0.05, 0) is 25.2 Å². The van der Waals surface area contributed by atoms with Crippen LogP contribution < -0.4 is 10.1 Å². The van der Waals surface area contributed by atoms with Gasteiger partial charge >= 0.3 is 0 Å². The van der Waals surface area contributed by atoms with Crippen molar-refractivity contribution in [1.82, 2.24) is 15.1 Å². The highest BCUT2D eigenvalue weighted by Crippen LogP contribution is 2.23. The Morgan fingerprint density at radius 1 is 1.39 bits per heavy atom. The summed E-state index contributed by atoms with van der Waals surface area (Å²) < 4.78 is 5.35. The Morgan fingerprint density at radius 3 is 2.74 bits per heavy atom. The number of carbonyl (C=O) groups excluding carboxylic acids is 1. The first-order chi connectivity index (χ1) is 10.6. The van der Waals surface area contributed by atoms with Crippen molar-refractivity contribution in [2.24, 2.45) is 0 Å². The third-order valence-electron chi connectivity index (χ3n) is 3.86. The lowest BCUT2D eigenvalue weighted by molar-refractivity contribution is -0.132. The maximum atomic E-state index is 12.2. The highest BCUT2D eigenvalue weighted by atomic mass is 35.5. The molecule has 1 aliphatic heterocycles. The Labute approximate surface area is 149 Å². The van der Waals surface area contributed by atoms with Gasteiger partial charge in [0.15, 0.2) is 0 Å². The molecule has 0 bridgehead atoms. The average molecular weight is 362 g/mol. The van der Waals surface area contributed by atoms with Gasteiger partial charge in [-0.15, -0.1) is 12.4 Å². The highest BCUT2D eigenvalue weighted by Gasteiger charge is 2.16. The molecule has 2 rings (SSSR count). The molecular weight excluding hydrogens is 337 g/mol. The zero-order valence-corrected chi connectivity index (χ0v) is 15.3. The van der Waals surface area contributed by atoms with Crippen molar-refractivity contribution in [3.05, 3.63) is 28.8 Å². The van der Waals surface area contributed by atoms with E-state index in [-0.39, 0.29) is 18.3 Å². The van der Waals surface area contributed by atoms with E-state index < -0.39 is 0 Å². The van der Waals surface area contributed by atoms with Gasteiger partial charge in [-0.25, -0.2) is 0 Å². The summed E-state index contributed by atoms with van der Waals surface area (Å²) in [5, 5.41) is 3.95. The number of hydrogen-bond donors (Lipinski definition) is 1. The fourth-order valence-electron chi connectivity index (χ4n) is 2.60. The maximum absolute atomic E-state index is 12.2. The van der Waals surface area contributed by atoms with Crippen LogP contribution >= 0.6 is 24.0 Å². The molecule has 23 heavy (non-hydrogen) atoms. The standard InChI is InChI=1S/C16H24ClN3O2.ClH/c1-19(8-5-16(21)20-9-6-18-7-10-20)12-13-11-14(17)3-4-15(13)22-2;/h3-4,11,18H,5-10,12H2,1-2H3;1H. The molecule has 1 aromatic rings. The molecule has 0 unspecified atom stereocenters. The molecule has 1 N–H and O–H groups in total. The van der Waals surface area contributed by atoms with E-state index in [0.29, 0.717) is 18.0 Å². The Balaban J connectivity index is 0.00000264. The summed E-state index contributed by atoms with van der Waals surface area (Å²) in [7, 11) is 3.66. The van der Waals surface area contributed by atoms with Crippen LogP contribution in [0.5, 0.6) is 5.75 Å². The van der Waals surface area contributed by atoms with Crippen LogP contribution in [-0.2, 0) is 11.3 Å². The predicted octanol–water partition coefficient (Wildman–Crippen LogP) is 2.02. The zero-order chi connectivity index (χ0) is 15.9. The van der Waals surface area contributed by atoms with E-state index in [1.807, 2.05) is 30.1 Å². The molecule has 130 valence electrons. The van der Waals surface area contributed by atoms with Gasteiger partial charge in [-0.2, -0.15) is 0 Å². The Bertz CT molecular complexity index is 508. The first kappa shape index (κ1) is 20.0. The third-order valence-corrected chi connectivity index (χ3v) is 4.09. The van der Waals surface area contributed by atoms with Crippen molar-refractivity contribution >= 4 is 29.9 Å². The average Bonchev–Trinajstić information content (AvgIpc) is 2.53. The van der Waals surface area contributed by atoms with E-state index in [9.17, 15) is 4.79 Å². The Morgan fingerprint density at radius 2 is 2.09 bits per heavy atom. The van der Waals surface area contributed by atoms with Gasteiger partial charge in [0.1, 0.15) is 5.75 Å². The topological polar surface area (TPSA) is 44.8 Å². The van der Waals surface area contributed by atoms with Crippen molar-refractivity contribution in [3.63, 3.8) is 0 Å². The maximum Gasteiger partial charge on any atom is 0.223 e. The van der Waals surface area contributed by atoms with Crippen LogP contribution in [0.2, 0.25) is 5.02 Å². The van der Waals surface area contributed by atoms with Gasteiger partial charge in [0.05, 0.1) is 7.11 Å². The molecule has 7 heteroatoms. The second kappa shape index (κ2) is 9.98. The smallest absolute Gasteiger partial charge is 0.223 e. The fourth-order valence-corrected chi connectivity index (χ4v) is 2.79. The normalized spacial score (nSPS) is 14.5. The van der Waals surface area contributed by atoms with Gasteiger partial charge in [-0.1, -0.05) is 11.6 Å². The number of nitrogens with one attached hydrogen (secondary N) is 1. The van der Waals surface area contributed by atoms with Crippen LogP contribution in [-0.4, -0.2) is 62.6 Å². The Kier molecular flexibility index (Phi) is 8.69. The highest BCUT2D eigenvalue weighted by molar-refractivity contribution is 6.30. The minimum atomic E-state index is 0. The van der Waals surface area contributed by atoms with E-state index in [1.54, 1.807) is 7.11 Å². The first-order valence-corrected chi connectivity index (χ1v) is 7.97. The lowest BCUT2D eigenvalue weighted by Gasteiger charge is -2.28. The molecule has 1 fully saturated rings. The van der Waals surface area contributed by atoms with E-state index in [4.69, 9.17) is 16.3 Å². The SMILES string of the molecule is COc1ccc(Cl)cc1CN(C)CCC(=O)N1CCNCC1.Cl. The number of nitrogens with zero attached hydrogens (tertiary/aromatic N) is 2. The molecule has 1 amide bonds. The molecule has 0 aliphatic carbocycles. The molecule has 1 heterocycles. The number of piperazine rings is 1. The molecule has 0 atom stereocenters. The van der Waals surface area contributed by atoms with Crippen molar-refractivity contribution < 1.29 is 9.53 Å². The number of ether oxygens (including phenoxy) is 1. The van der Waals surface area contributed by atoms with Crippen LogP contribution in [0.25, 0.3) is 0 Å². The summed E-state index contributed by atoms with van der Waals surface area (Å²) in [4.78, 5) is 16.2. The molecular formula is C16H25Cl2N3O2. The zero-order valence-electron chi connectivity index (χ0n) is 13.7. The second-order valence-electron chi connectivity index (χ2n) is 5.57. The number of carbonyl (C=O) groups is 1. The fraction of sp³-hybridized carbons (Fsp3) is 0.562. The monoisotopic (exact) mass is 361 g/mol. The first-order valence-electron chi connectivity index (χ1n) is 7.59. The third kappa shape index (κ3) is 6.18. The van der Waals surface area contributed by atoms with Crippen molar-refractivity contribution in [1.29, 1.82) is 0 Å². The summed E-state index contributed by atoms with van der Waals surface area (Å²) in [5.74, 6) is 1.05. The summed E-state index contributed by atoms with van der Waals surface area (Å²) >= 11 is 6.05. The van der Waals surface area contributed by atoms with E-state index >= 15 is 0 Å². The van der Waals surface area contributed by atoms with Crippen molar-refractivity contribution in [3.8, 4) is 5.75 Å². The van der Waals surface area contributed by atoms with Crippen LogP contribution in [0, 0.1) is 0 Å². The molecule has 1 aliphatic rings. The Hall–Kier alpha value is -1.01. The lowest BCUT2D eigenvalue weighted by Crippen LogP contribution is -2.47. The van der Waals surface area contributed by atoms with Crippen LogP contribution in [0.3, 0.4) is 0 Å². The van der Waals surface area contributed by atoms with E-state index in [2.05, 4.69) is 10.2 Å². The number of amides is 1. The van der Waals surface area contributed by atoms with Gasteiger partial charge in [0.25, 0.3) is 0 Å². The van der Waals surface area contributed by atoms with Crippen LogP contribution in [0.4, 0.5) is 0 Å². The minimum Gasteiger partial charge on any atom is -0.496 e. The van der Waals surface area contributed by atoms with Gasteiger partial charge in [-0.3, -0.25) is 4.79 Å². The molecule has 0 saturated carbocycles. The second-order valence-corrected chi connectivity index (χ2v) is 6.01. The quantitative estimate of drug-likeness (QED) is 0.841. The van der Waals surface area contributed by atoms with Gasteiger partial charge in [0, 0.05) is 56.3 Å². The van der Waals surface area contributed by atoms with Crippen molar-refractivity contribution in [2.75, 3.05) is 46.9 Å². The van der Waals surface area contributed by atoms with E-state index in [0.717, 1.165) is 44.0 Å². The lowest BCUT2D eigenvalue weighted by atomic mass is 10.2. The summed E-state index contributed by atoms with van der Waals surface area (Å²) in [5.41, 5.74) is 1.03.